The molecule has 0 aromatic heterocycles. The second kappa shape index (κ2) is 5.98. The van der Waals surface area contributed by atoms with E-state index in [1.54, 1.807) is 0 Å². The minimum absolute atomic E-state index is 0.209. The molecule has 3 heteroatoms. The number of rotatable bonds is 5. The number of hydrogen-bond acceptors (Lipinski definition) is 2. The van der Waals surface area contributed by atoms with Gasteiger partial charge in [0.2, 0.25) is 5.91 Å². The molecule has 0 bridgehead atoms. The molecule has 0 fully saturated rings. The highest BCUT2D eigenvalue weighted by Gasteiger charge is 1.98. The maximum absolute atomic E-state index is 10.6. The van der Waals surface area contributed by atoms with Gasteiger partial charge in [-0.25, -0.2) is 0 Å². The zero-order valence-electron chi connectivity index (χ0n) is 10.1. The van der Waals surface area contributed by atoms with Gasteiger partial charge in [-0.3, -0.25) is 4.79 Å². The van der Waals surface area contributed by atoms with Crippen molar-refractivity contribution < 1.29 is 4.79 Å². The molecule has 0 radical (unpaired) electrons. The van der Waals surface area contributed by atoms with E-state index in [1.807, 2.05) is 18.2 Å². The van der Waals surface area contributed by atoms with Crippen LogP contribution in [0, 0.1) is 0 Å². The Morgan fingerprint density at radius 1 is 0.944 bits per heavy atom. The first kappa shape index (κ1) is 12.3. The van der Waals surface area contributed by atoms with Crippen LogP contribution in [0.5, 0.6) is 0 Å². The van der Waals surface area contributed by atoms with Crippen molar-refractivity contribution >= 4 is 5.91 Å². The summed E-state index contributed by atoms with van der Waals surface area (Å²) in [6.07, 6.45) is 0. The van der Waals surface area contributed by atoms with Crippen LogP contribution in [0.15, 0.2) is 54.6 Å². The molecule has 0 saturated carbocycles. The van der Waals surface area contributed by atoms with Crippen molar-refractivity contribution in [2.45, 2.75) is 6.54 Å². The largest absolute Gasteiger partial charge is 0.369 e. The SMILES string of the molecule is NC(=O)CNCc1ccc(-c2ccccc2)cc1. The molecule has 92 valence electrons. The van der Waals surface area contributed by atoms with E-state index in [0.29, 0.717) is 6.54 Å². The van der Waals surface area contributed by atoms with Crippen LogP contribution < -0.4 is 11.1 Å². The van der Waals surface area contributed by atoms with E-state index in [9.17, 15) is 4.79 Å². The lowest BCUT2D eigenvalue weighted by Crippen LogP contribution is -2.28. The Morgan fingerprint density at radius 2 is 1.56 bits per heavy atom. The maximum atomic E-state index is 10.6. The molecule has 0 aliphatic rings. The summed E-state index contributed by atoms with van der Waals surface area (Å²) in [4.78, 5) is 10.6. The van der Waals surface area contributed by atoms with Gasteiger partial charge < -0.3 is 11.1 Å². The molecule has 0 saturated heterocycles. The van der Waals surface area contributed by atoms with Gasteiger partial charge in [-0.15, -0.1) is 0 Å². The summed E-state index contributed by atoms with van der Waals surface area (Å²) >= 11 is 0. The maximum Gasteiger partial charge on any atom is 0.231 e. The molecule has 0 unspecified atom stereocenters. The first-order chi connectivity index (χ1) is 8.75. The van der Waals surface area contributed by atoms with Gasteiger partial charge in [0.25, 0.3) is 0 Å². The number of carbonyl (C=O) groups excluding carboxylic acids is 1. The summed E-state index contributed by atoms with van der Waals surface area (Å²) in [6, 6.07) is 18.5. The van der Waals surface area contributed by atoms with Gasteiger partial charge in [-0.2, -0.15) is 0 Å². The molecular formula is C15H16N2O. The molecule has 0 spiro atoms. The van der Waals surface area contributed by atoms with E-state index < -0.39 is 0 Å². The summed E-state index contributed by atoms with van der Waals surface area (Å²) in [5, 5.41) is 2.99. The van der Waals surface area contributed by atoms with E-state index in [-0.39, 0.29) is 12.5 Å². The fraction of sp³-hybridized carbons (Fsp3) is 0.133. The highest BCUT2D eigenvalue weighted by Crippen LogP contribution is 2.18. The fourth-order valence-electron chi connectivity index (χ4n) is 1.78. The topological polar surface area (TPSA) is 55.1 Å². The molecule has 0 atom stereocenters. The number of primary amides is 1. The van der Waals surface area contributed by atoms with Crippen molar-refractivity contribution in [3.63, 3.8) is 0 Å². The molecular weight excluding hydrogens is 224 g/mol. The van der Waals surface area contributed by atoms with Crippen LogP contribution in [0.2, 0.25) is 0 Å². The minimum atomic E-state index is -0.337. The molecule has 3 N–H and O–H groups in total. The van der Waals surface area contributed by atoms with Gasteiger partial charge in [-0.05, 0) is 16.7 Å². The Labute approximate surface area is 107 Å². The van der Waals surface area contributed by atoms with Crippen molar-refractivity contribution in [1.29, 1.82) is 0 Å². The highest BCUT2D eigenvalue weighted by atomic mass is 16.1. The summed E-state index contributed by atoms with van der Waals surface area (Å²) in [6.45, 7) is 0.860. The Morgan fingerprint density at radius 3 is 2.17 bits per heavy atom. The van der Waals surface area contributed by atoms with Gasteiger partial charge in [0.05, 0.1) is 6.54 Å². The third-order valence-electron chi connectivity index (χ3n) is 2.69. The summed E-state index contributed by atoms with van der Waals surface area (Å²) in [5.74, 6) is -0.337. The fourth-order valence-corrected chi connectivity index (χ4v) is 1.78. The van der Waals surface area contributed by atoms with Crippen LogP contribution in [-0.4, -0.2) is 12.5 Å². The highest BCUT2D eigenvalue weighted by molar-refractivity contribution is 5.75. The monoisotopic (exact) mass is 240 g/mol. The molecule has 0 aliphatic heterocycles. The van der Waals surface area contributed by atoms with Crippen molar-refractivity contribution in [1.82, 2.24) is 5.32 Å². The van der Waals surface area contributed by atoms with Gasteiger partial charge in [0, 0.05) is 6.54 Å². The van der Waals surface area contributed by atoms with Crippen LogP contribution in [0.25, 0.3) is 11.1 Å². The zero-order valence-corrected chi connectivity index (χ0v) is 10.1. The number of benzene rings is 2. The third-order valence-corrected chi connectivity index (χ3v) is 2.69. The standard InChI is InChI=1S/C15H16N2O/c16-15(18)11-17-10-12-6-8-14(9-7-12)13-4-2-1-3-5-13/h1-9,17H,10-11H2,(H2,16,18). The van der Waals surface area contributed by atoms with E-state index in [1.165, 1.54) is 11.1 Å². The first-order valence-electron chi connectivity index (χ1n) is 5.89. The van der Waals surface area contributed by atoms with Crippen molar-refractivity contribution in [3.05, 3.63) is 60.2 Å². The average molecular weight is 240 g/mol. The lowest BCUT2D eigenvalue weighted by Gasteiger charge is -2.05. The minimum Gasteiger partial charge on any atom is -0.369 e. The molecule has 0 aliphatic carbocycles. The van der Waals surface area contributed by atoms with Gasteiger partial charge in [0.1, 0.15) is 0 Å². The van der Waals surface area contributed by atoms with Gasteiger partial charge in [-0.1, -0.05) is 54.6 Å². The van der Waals surface area contributed by atoms with Crippen molar-refractivity contribution in [2.75, 3.05) is 6.54 Å². The van der Waals surface area contributed by atoms with E-state index in [2.05, 4.69) is 41.7 Å². The van der Waals surface area contributed by atoms with Crippen LogP contribution in [0.3, 0.4) is 0 Å². The molecule has 2 rings (SSSR count). The van der Waals surface area contributed by atoms with E-state index in [4.69, 9.17) is 5.73 Å². The number of carbonyl (C=O) groups is 1. The molecule has 2 aromatic carbocycles. The van der Waals surface area contributed by atoms with Gasteiger partial charge >= 0.3 is 0 Å². The summed E-state index contributed by atoms with van der Waals surface area (Å²) in [7, 11) is 0. The quantitative estimate of drug-likeness (QED) is 0.839. The second-order valence-electron chi connectivity index (χ2n) is 4.13. The first-order valence-corrected chi connectivity index (χ1v) is 5.89. The van der Waals surface area contributed by atoms with Crippen LogP contribution in [-0.2, 0) is 11.3 Å². The number of amides is 1. The Kier molecular flexibility index (Phi) is 4.10. The molecule has 2 aromatic rings. The van der Waals surface area contributed by atoms with E-state index in [0.717, 1.165) is 5.56 Å². The second-order valence-corrected chi connectivity index (χ2v) is 4.13. The molecule has 18 heavy (non-hydrogen) atoms. The molecule has 3 nitrogen and oxygen atoms in total. The number of hydrogen-bond donors (Lipinski definition) is 2. The average Bonchev–Trinajstić information content (AvgIpc) is 2.40. The summed E-state index contributed by atoms with van der Waals surface area (Å²) in [5.41, 5.74) is 8.58. The predicted octanol–water partition coefficient (Wildman–Crippen LogP) is 1.93. The van der Waals surface area contributed by atoms with Gasteiger partial charge in [0.15, 0.2) is 0 Å². The third kappa shape index (κ3) is 3.43. The van der Waals surface area contributed by atoms with Crippen molar-refractivity contribution in [3.8, 4) is 11.1 Å². The molecule has 0 heterocycles. The smallest absolute Gasteiger partial charge is 0.231 e. The lowest BCUT2D eigenvalue weighted by atomic mass is 10.0. The number of nitrogens with one attached hydrogen (secondary N) is 1. The Balaban J connectivity index is 2.00. The normalized spacial score (nSPS) is 10.2. The Bertz CT molecular complexity index is 506. The number of nitrogens with two attached hydrogens (primary N) is 1. The summed E-state index contributed by atoms with van der Waals surface area (Å²) < 4.78 is 0. The predicted molar refractivity (Wildman–Crippen MR) is 72.8 cm³/mol. The lowest BCUT2D eigenvalue weighted by molar-refractivity contribution is -0.117. The Hall–Kier alpha value is -2.13. The zero-order chi connectivity index (χ0) is 12.8. The van der Waals surface area contributed by atoms with E-state index >= 15 is 0 Å². The van der Waals surface area contributed by atoms with Crippen LogP contribution in [0.4, 0.5) is 0 Å². The van der Waals surface area contributed by atoms with Crippen LogP contribution >= 0.6 is 0 Å². The molecule has 1 amide bonds. The van der Waals surface area contributed by atoms with Crippen molar-refractivity contribution in [2.24, 2.45) is 5.73 Å². The van der Waals surface area contributed by atoms with Crippen LogP contribution in [0.1, 0.15) is 5.56 Å².